The van der Waals surface area contributed by atoms with Crippen molar-refractivity contribution >= 4 is 16.6 Å². The average Bonchev–Trinajstić information content (AvgIpc) is 2.30. The summed E-state index contributed by atoms with van der Waals surface area (Å²) in [6.45, 7) is 2.07. The molecule has 1 heterocycles. The van der Waals surface area contributed by atoms with Crippen LogP contribution in [0.2, 0.25) is 0 Å². The minimum Gasteiger partial charge on any atom is -0.409 e. The molecule has 1 unspecified atom stereocenters. The van der Waals surface area contributed by atoms with E-state index in [4.69, 9.17) is 10.9 Å². The second-order valence-electron chi connectivity index (χ2n) is 4.19. The second kappa shape index (κ2) is 6.85. The monoisotopic (exact) mass is 247 g/mol. The van der Waals surface area contributed by atoms with Gasteiger partial charge in [-0.25, -0.2) is 0 Å². The first-order chi connectivity index (χ1) is 7.65. The molecule has 0 aromatic rings. The summed E-state index contributed by atoms with van der Waals surface area (Å²) in [5, 5.41) is 15.0. The maximum absolute atomic E-state index is 11.2. The van der Waals surface area contributed by atoms with E-state index < -0.39 is 10.8 Å². The predicted molar refractivity (Wildman–Crippen MR) is 66.1 cm³/mol. The van der Waals surface area contributed by atoms with Crippen molar-refractivity contribution in [3.63, 3.8) is 0 Å². The Morgan fingerprint density at radius 1 is 1.62 bits per heavy atom. The Bertz CT molecular complexity index is 261. The average molecular weight is 247 g/mol. The molecule has 4 N–H and O–H groups in total. The van der Waals surface area contributed by atoms with Crippen LogP contribution in [-0.2, 0) is 10.8 Å². The predicted octanol–water partition coefficient (Wildman–Crippen LogP) is 0.402. The number of rotatable bonds is 5. The third kappa shape index (κ3) is 4.49. The van der Waals surface area contributed by atoms with Crippen LogP contribution in [0.15, 0.2) is 5.16 Å². The van der Waals surface area contributed by atoms with E-state index in [-0.39, 0.29) is 11.9 Å². The maximum Gasteiger partial charge on any atom is 0.140 e. The van der Waals surface area contributed by atoms with Crippen molar-refractivity contribution in [3.05, 3.63) is 0 Å². The highest BCUT2D eigenvalue weighted by Crippen LogP contribution is 2.11. The van der Waals surface area contributed by atoms with Gasteiger partial charge in [0.2, 0.25) is 0 Å². The van der Waals surface area contributed by atoms with E-state index in [1.54, 1.807) is 0 Å². The minimum atomic E-state index is -0.618. The highest BCUT2D eigenvalue weighted by molar-refractivity contribution is 7.85. The summed E-state index contributed by atoms with van der Waals surface area (Å²) >= 11 is 0. The van der Waals surface area contributed by atoms with Crippen LogP contribution in [0.5, 0.6) is 0 Å². The molecule has 1 rings (SSSR count). The summed E-state index contributed by atoms with van der Waals surface area (Å²) in [5.41, 5.74) is 5.49. The lowest BCUT2D eigenvalue weighted by molar-refractivity contribution is 0.314. The minimum absolute atomic E-state index is 0.243. The second-order valence-corrected chi connectivity index (χ2v) is 5.89. The molecule has 16 heavy (non-hydrogen) atoms. The van der Waals surface area contributed by atoms with Gasteiger partial charge < -0.3 is 16.3 Å². The molecule has 1 aliphatic heterocycles. The van der Waals surface area contributed by atoms with E-state index in [0.717, 1.165) is 30.8 Å². The molecule has 1 aliphatic rings. The Kier molecular flexibility index (Phi) is 5.76. The third-order valence-electron chi connectivity index (χ3n) is 2.94. The van der Waals surface area contributed by atoms with Gasteiger partial charge in [-0.2, -0.15) is 0 Å². The summed E-state index contributed by atoms with van der Waals surface area (Å²) in [7, 11) is -0.618. The van der Waals surface area contributed by atoms with Crippen molar-refractivity contribution in [2.45, 2.75) is 44.7 Å². The number of nitrogens with one attached hydrogen (secondary N) is 1. The van der Waals surface area contributed by atoms with Crippen LogP contribution in [0.4, 0.5) is 0 Å². The Hall–Kier alpha value is -0.620. The fourth-order valence-corrected chi connectivity index (χ4v) is 3.21. The third-order valence-corrected chi connectivity index (χ3v) is 4.32. The van der Waals surface area contributed by atoms with Crippen molar-refractivity contribution in [2.24, 2.45) is 10.9 Å². The molecule has 1 fully saturated rings. The van der Waals surface area contributed by atoms with Crippen LogP contribution in [0.3, 0.4) is 0 Å². The molecule has 0 aromatic heterocycles. The van der Waals surface area contributed by atoms with Crippen LogP contribution in [0, 0.1) is 0 Å². The van der Waals surface area contributed by atoms with Gasteiger partial charge in [0.15, 0.2) is 0 Å². The first-order valence-electron chi connectivity index (χ1n) is 5.73. The van der Waals surface area contributed by atoms with Gasteiger partial charge in [0, 0.05) is 40.8 Å². The molecular weight excluding hydrogens is 226 g/mol. The quantitative estimate of drug-likeness (QED) is 0.284. The Balaban J connectivity index is 2.35. The molecule has 0 aromatic carbocycles. The summed E-state index contributed by atoms with van der Waals surface area (Å²) in [6.07, 6.45) is 3.42. The number of oxime groups is 1. The van der Waals surface area contributed by atoms with E-state index >= 15 is 0 Å². The number of nitrogens with two attached hydrogens (primary N) is 1. The number of amidine groups is 1. The van der Waals surface area contributed by atoms with Gasteiger partial charge >= 0.3 is 0 Å². The summed E-state index contributed by atoms with van der Waals surface area (Å²) in [4.78, 5) is 0. The smallest absolute Gasteiger partial charge is 0.140 e. The van der Waals surface area contributed by atoms with Crippen molar-refractivity contribution in [1.29, 1.82) is 0 Å². The first kappa shape index (κ1) is 13.4. The first-order valence-corrected chi connectivity index (χ1v) is 7.22. The van der Waals surface area contributed by atoms with Crippen LogP contribution < -0.4 is 11.1 Å². The molecule has 94 valence electrons. The molecule has 0 spiro atoms. The molecule has 1 atom stereocenters. The van der Waals surface area contributed by atoms with E-state index in [1.165, 1.54) is 0 Å². The highest BCUT2D eigenvalue weighted by Gasteiger charge is 2.20. The van der Waals surface area contributed by atoms with Gasteiger partial charge in [-0.15, -0.1) is 0 Å². The van der Waals surface area contributed by atoms with Gasteiger partial charge in [-0.05, 0) is 19.3 Å². The molecule has 0 radical (unpaired) electrons. The molecule has 0 saturated carbocycles. The molecule has 0 amide bonds. The van der Waals surface area contributed by atoms with E-state index in [2.05, 4.69) is 17.4 Å². The zero-order chi connectivity index (χ0) is 12.0. The van der Waals surface area contributed by atoms with Crippen molar-refractivity contribution in [3.8, 4) is 0 Å². The highest BCUT2D eigenvalue weighted by atomic mass is 32.2. The maximum atomic E-state index is 11.2. The summed E-state index contributed by atoms with van der Waals surface area (Å²) in [5.74, 6) is 1.84. The normalized spacial score (nSPS) is 28.9. The van der Waals surface area contributed by atoms with Gasteiger partial charge in [-0.3, -0.25) is 4.21 Å². The SMILES string of the molecule is CCC(CC(N)=NO)NC1CCS(=O)CC1. The van der Waals surface area contributed by atoms with Gasteiger partial charge in [0.1, 0.15) is 5.84 Å². The molecule has 1 saturated heterocycles. The van der Waals surface area contributed by atoms with E-state index in [0.29, 0.717) is 12.5 Å². The lowest BCUT2D eigenvalue weighted by Crippen LogP contribution is -2.43. The molecular formula is C10H21N3O2S. The van der Waals surface area contributed by atoms with Crippen molar-refractivity contribution in [2.75, 3.05) is 11.5 Å². The fourth-order valence-electron chi connectivity index (χ4n) is 1.91. The molecule has 6 heteroatoms. The van der Waals surface area contributed by atoms with E-state index in [9.17, 15) is 4.21 Å². The molecule has 5 nitrogen and oxygen atoms in total. The van der Waals surface area contributed by atoms with Crippen molar-refractivity contribution < 1.29 is 9.42 Å². The van der Waals surface area contributed by atoms with Crippen LogP contribution in [-0.4, -0.2) is 38.8 Å². The van der Waals surface area contributed by atoms with E-state index in [1.807, 2.05) is 0 Å². The largest absolute Gasteiger partial charge is 0.409 e. The van der Waals surface area contributed by atoms with Gasteiger partial charge in [0.25, 0.3) is 0 Å². The Morgan fingerprint density at radius 3 is 2.75 bits per heavy atom. The van der Waals surface area contributed by atoms with Gasteiger partial charge in [-0.1, -0.05) is 12.1 Å². The number of hydrogen-bond donors (Lipinski definition) is 3. The van der Waals surface area contributed by atoms with Gasteiger partial charge in [0.05, 0.1) is 0 Å². The zero-order valence-corrected chi connectivity index (χ0v) is 10.5. The topological polar surface area (TPSA) is 87.7 Å². The Morgan fingerprint density at radius 2 is 2.25 bits per heavy atom. The van der Waals surface area contributed by atoms with Crippen LogP contribution in [0.25, 0.3) is 0 Å². The summed E-state index contributed by atoms with van der Waals surface area (Å²) < 4.78 is 11.2. The molecule has 0 bridgehead atoms. The lowest BCUT2D eigenvalue weighted by atomic mass is 10.1. The van der Waals surface area contributed by atoms with Crippen LogP contribution in [0.1, 0.15) is 32.6 Å². The Labute approximate surface area is 98.9 Å². The fraction of sp³-hybridized carbons (Fsp3) is 0.900. The number of nitrogens with zero attached hydrogens (tertiary/aromatic N) is 1. The van der Waals surface area contributed by atoms with Crippen LogP contribution >= 0.6 is 0 Å². The summed E-state index contributed by atoms with van der Waals surface area (Å²) in [6, 6.07) is 0.668. The zero-order valence-electron chi connectivity index (χ0n) is 9.69. The van der Waals surface area contributed by atoms with Crippen molar-refractivity contribution in [1.82, 2.24) is 5.32 Å². The molecule has 0 aliphatic carbocycles. The standard InChI is InChI=1S/C10H21N3O2S/c1-2-8(7-10(11)13-14)12-9-3-5-16(15)6-4-9/h8-9,12,14H,2-7H2,1H3,(H2,11,13). The number of hydrogen-bond acceptors (Lipinski definition) is 4. The lowest BCUT2D eigenvalue weighted by Gasteiger charge is -2.27.